The van der Waals surface area contributed by atoms with Gasteiger partial charge in [0.15, 0.2) is 11.5 Å². The fourth-order valence-electron chi connectivity index (χ4n) is 3.22. The Labute approximate surface area is 220 Å². The zero-order valence-electron chi connectivity index (χ0n) is 23.6. The Morgan fingerprint density at radius 2 is 1.41 bits per heavy atom. The number of carboxylic acid groups (broad SMARTS) is 1. The highest BCUT2D eigenvalue weighted by molar-refractivity contribution is 5.84. The Bertz CT molecular complexity index is 963. The molecule has 2 N–H and O–H groups in total. The van der Waals surface area contributed by atoms with Crippen LogP contribution in [0.4, 0.5) is 0 Å². The van der Waals surface area contributed by atoms with Crippen LogP contribution in [0.25, 0.3) is 0 Å². The summed E-state index contributed by atoms with van der Waals surface area (Å²) in [5.74, 6) is -2.90. The number of hydrogen-bond donors (Lipinski definition) is 2. The molecular formula is C28H43NO8. The van der Waals surface area contributed by atoms with Crippen LogP contribution in [0, 0.1) is 17.3 Å². The van der Waals surface area contributed by atoms with E-state index in [9.17, 15) is 24.3 Å². The van der Waals surface area contributed by atoms with E-state index in [0.29, 0.717) is 12.0 Å². The summed E-state index contributed by atoms with van der Waals surface area (Å²) in [6.45, 7) is 16.1. The van der Waals surface area contributed by atoms with Crippen molar-refractivity contribution in [3.63, 3.8) is 0 Å². The molecule has 0 radical (unpaired) electrons. The van der Waals surface area contributed by atoms with E-state index in [0.717, 1.165) is 0 Å². The Balaban J connectivity index is 3.50. The van der Waals surface area contributed by atoms with E-state index in [1.807, 2.05) is 34.6 Å². The molecule has 0 aliphatic heterocycles. The molecule has 0 aliphatic rings. The maximum Gasteiger partial charge on any atom is 0.364 e. The van der Waals surface area contributed by atoms with Gasteiger partial charge in [-0.3, -0.25) is 19.7 Å². The summed E-state index contributed by atoms with van der Waals surface area (Å²) in [4.78, 5) is 50.1. The van der Waals surface area contributed by atoms with Crippen molar-refractivity contribution >= 4 is 23.9 Å². The van der Waals surface area contributed by atoms with Gasteiger partial charge in [0.2, 0.25) is 0 Å². The van der Waals surface area contributed by atoms with Gasteiger partial charge in [-0.25, -0.2) is 4.79 Å². The molecule has 0 aromatic heterocycles. The number of ether oxygens (including phenoxy) is 3. The first-order valence-electron chi connectivity index (χ1n) is 12.8. The summed E-state index contributed by atoms with van der Waals surface area (Å²) in [7, 11) is 0. The van der Waals surface area contributed by atoms with Crippen molar-refractivity contribution in [2.75, 3.05) is 0 Å². The van der Waals surface area contributed by atoms with Gasteiger partial charge in [0.1, 0.15) is 0 Å². The van der Waals surface area contributed by atoms with Gasteiger partial charge in [-0.1, -0.05) is 40.7 Å². The first kappa shape index (κ1) is 32.1. The van der Waals surface area contributed by atoms with E-state index in [-0.39, 0.29) is 48.6 Å². The van der Waals surface area contributed by atoms with E-state index < -0.39 is 35.0 Å². The van der Waals surface area contributed by atoms with Gasteiger partial charge in [0, 0.05) is 25.3 Å². The molecular weight excluding hydrogens is 478 g/mol. The van der Waals surface area contributed by atoms with Crippen molar-refractivity contribution < 1.29 is 38.5 Å². The maximum atomic E-state index is 12.8. The fourth-order valence-corrected chi connectivity index (χ4v) is 3.22. The Hall–Kier alpha value is -2.94. The van der Waals surface area contributed by atoms with Crippen molar-refractivity contribution in [2.24, 2.45) is 17.3 Å². The largest absolute Gasteiger partial charge is 0.477 e. The molecule has 9 heteroatoms. The topological polar surface area (TPSA) is 128 Å². The van der Waals surface area contributed by atoms with Crippen LogP contribution in [0.15, 0.2) is 18.2 Å². The van der Waals surface area contributed by atoms with Crippen molar-refractivity contribution in [1.29, 1.82) is 0 Å². The van der Waals surface area contributed by atoms with Gasteiger partial charge in [0.25, 0.3) is 5.72 Å². The van der Waals surface area contributed by atoms with Crippen LogP contribution in [0.2, 0.25) is 0 Å². The molecule has 208 valence electrons. The molecule has 2 atom stereocenters. The minimum absolute atomic E-state index is 0.00904. The second-order valence-corrected chi connectivity index (χ2v) is 11.3. The van der Waals surface area contributed by atoms with Gasteiger partial charge in [-0.15, -0.1) is 0 Å². The lowest BCUT2D eigenvalue weighted by Crippen LogP contribution is -2.60. The van der Waals surface area contributed by atoms with Crippen molar-refractivity contribution in [1.82, 2.24) is 5.32 Å². The van der Waals surface area contributed by atoms with Crippen LogP contribution < -0.4 is 14.8 Å². The Morgan fingerprint density at radius 3 is 1.84 bits per heavy atom. The number of aliphatic carboxylic acids is 1. The van der Waals surface area contributed by atoms with Crippen LogP contribution in [-0.4, -0.2) is 40.8 Å². The molecule has 0 saturated heterocycles. The molecule has 0 saturated carbocycles. The quantitative estimate of drug-likeness (QED) is 0.212. The van der Waals surface area contributed by atoms with Gasteiger partial charge in [-0.2, -0.15) is 0 Å². The molecule has 1 aromatic rings. The highest BCUT2D eigenvalue weighted by Gasteiger charge is 2.46. The van der Waals surface area contributed by atoms with Crippen molar-refractivity contribution in [2.45, 2.75) is 99.8 Å². The van der Waals surface area contributed by atoms with Gasteiger partial charge < -0.3 is 19.3 Å². The molecule has 0 fully saturated rings. The maximum absolute atomic E-state index is 12.8. The van der Waals surface area contributed by atoms with Crippen LogP contribution in [0.3, 0.4) is 0 Å². The van der Waals surface area contributed by atoms with E-state index in [2.05, 4.69) is 5.32 Å². The molecule has 0 amide bonds. The summed E-state index contributed by atoms with van der Waals surface area (Å²) in [5, 5.41) is 13.2. The third kappa shape index (κ3) is 10.5. The first-order chi connectivity index (χ1) is 17.0. The normalized spacial score (nSPS) is 14.1. The summed E-state index contributed by atoms with van der Waals surface area (Å²) in [5.41, 5.74) is -2.62. The number of rotatable bonds is 13. The molecule has 0 heterocycles. The first-order valence-corrected chi connectivity index (χ1v) is 12.8. The summed E-state index contributed by atoms with van der Waals surface area (Å²) >= 11 is 0. The number of carboxylic acids is 1. The minimum atomic E-state index is -2.07. The highest BCUT2D eigenvalue weighted by Crippen LogP contribution is 2.32. The average molecular weight is 522 g/mol. The third-order valence-electron chi connectivity index (χ3n) is 5.38. The Morgan fingerprint density at radius 1 is 0.892 bits per heavy atom. The van der Waals surface area contributed by atoms with E-state index in [1.54, 1.807) is 33.8 Å². The number of nitrogens with one attached hydrogen (secondary N) is 1. The van der Waals surface area contributed by atoms with E-state index >= 15 is 0 Å². The molecule has 37 heavy (non-hydrogen) atoms. The van der Waals surface area contributed by atoms with Crippen LogP contribution >= 0.6 is 0 Å². The zero-order valence-corrected chi connectivity index (χ0v) is 23.6. The number of benzene rings is 1. The van der Waals surface area contributed by atoms with E-state index in [1.165, 1.54) is 12.1 Å². The van der Waals surface area contributed by atoms with Gasteiger partial charge in [-0.05, 0) is 63.6 Å². The lowest BCUT2D eigenvalue weighted by molar-refractivity contribution is -0.190. The smallest absolute Gasteiger partial charge is 0.364 e. The number of carbonyl (C=O) groups is 4. The van der Waals surface area contributed by atoms with Gasteiger partial charge >= 0.3 is 23.9 Å². The number of esters is 3. The molecule has 9 nitrogen and oxygen atoms in total. The summed E-state index contributed by atoms with van der Waals surface area (Å²) < 4.78 is 16.6. The monoisotopic (exact) mass is 521 g/mol. The second kappa shape index (κ2) is 13.6. The van der Waals surface area contributed by atoms with E-state index in [4.69, 9.17) is 14.2 Å². The average Bonchev–Trinajstić information content (AvgIpc) is 2.73. The molecule has 1 aromatic carbocycles. The number of hydrogen-bond acceptors (Lipinski definition) is 8. The molecule has 0 aliphatic carbocycles. The van der Waals surface area contributed by atoms with Crippen molar-refractivity contribution in [3.05, 3.63) is 23.8 Å². The zero-order chi connectivity index (χ0) is 28.6. The van der Waals surface area contributed by atoms with Crippen LogP contribution in [0.1, 0.15) is 87.1 Å². The predicted octanol–water partition coefficient (Wildman–Crippen LogP) is 4.89. The molecule has 1 rings (SSSR count). The SMILES string of the molecule is CCC(C)N[C@@](Cc1ccc(OC(=O)CC(C)C)c(OC(=O)CC(C)C)c1)(OC(=O)C(C)(C)C)C(=O)O. The third-order valence-corrected chi connectivity index (χ3v) is 5.38. The lowest BCUT2D eigenvalue weighted by atomic mass is 9.95. The molecule has 0 bridgehead atoms. The standard InChI is InChI=1S/C28H43NO8/c1-10-19(6)29-28(25(32)33,37-26(34)27(7,8)9)16-20-11-12-21(35-23(30)13-17(2)3)22(15-20)36-24(31)14-18(4)5/h11-12,15,17-19,29H,10,13-14,16H2,1-9H3,(H,32,33)/t19?,28-/m0/s1. The highest BCUT2D eigenvalue weighted by atomic mass is 16.6. The van der Waals surface area contributed by atoms with Gasteiger partial charge in [0.05, 0.1) is 5.41 Å². The summed E-state index contributed by atoms with van der Waals surface area (Å²) in [6, 6.07) is 4.16. The Kier molecular flexibility index (Phi) is 11.8. The second-order valence-electron chi connectivity index (χ2n) is 11.3. The number of carbonyl (C=O) groups excluding carboxylic acids is 3. The van der Waals surface area contributed by atoms with Crippen LogP contribution in [0.5, 0.6) is 11.5 Å². The lowest BCUT2D eigenvalue weighted by Gasteiger charge is -2.35. The molecule has 0 spiro atoms. The van der Waals surface area contributed by atoms with Crippen molar-refractivity contribution in [3.8, 4) is 11.5 Å². The summed E-state index contributed by atoms with van der Waals surface area (Å²) in [6.07, 6.45) is 0.640. The molecule has 1 unspecified atom stereocenters. The van der Waals surface area contributed by atoms with Crippen LogP contribution in [-0.2, 0) is 30.3 Å². The predicted molar refractivity (Wildman–Crippen MR) is 139 cm³/mol. The minimum Gasteiger partial charge on any atom is -0.477 e. The fraction of sp³-hybridized carbons (Fsp3) is 0.643.